The highest BCUT2D eigenvalue weighted by atomic mass is 16.5. The Balaban J connectivity index is 1.08. The number of aromatic hydroxyl groups is 1. The van der Waals surface area contributed by atoms with Gasteiger partial charge in [-0.25, -0.2) is 4.79 Å². The number of ether oxygens (including phenoxy) is 1. The number of rotatable bonds is 17. The summed E-state index contributed by atoms with van der Waals surface area (Å²) < 4.78 is 5.99. The molecule has 0 spiro atoms. The lowest BCUT2D eigenvalue weighted by Gasteiger charge is -2.19. The van der Waals surface area contributed by atoms with Crippen LogP contribution in [0.25, 0.3) is 10.9 Å². The molecule has 0 aliphatic heterocycles. The van der Waals surface area contributed by atoms with Crippen LogP contribution in [-0.4, -0.2) is 46.1 Å². The molecule has 9 heteroatoms. The second kappa shape index (κ2) is 16.5. The van der Waals surface area contributed by atoms with Crippen molar-refractivity contribution in [3.05, 3.63) is 105 Å². The van der Waals surface area contributed by atoms with Gasteiger partial charge < -0.3 is 35.7 Å². The number of phenols is 1. The van der Waals surface area contributed by atoms with Crippen LogP contribution in [-0.2, 0) is 0 Å². The number of aliphatic hydroxyl groups excluding tert-OH is 1. The van der Waals surface area contributed by atoms with Crippen molar-refractivity contribution < 1.29 is 24.9 Å². The van der Waals surface area contributed by atoms with Crippen LogP contribution < -0.4 is 20.9 Å². The number of nitrogens with one attached hydrogen (secondary N) is 3. The highest BCUT2D eigenvalue weighted by molar-refractivity contribution is 5.87. The van der Waals surface area contributed by atoms with Crippen LogP contribution in [0, 0.1) is 6.92 Å². The van der Waals surface area contributed by atoms with Crippen LogP contribution >= 0.6 is 0 Å². The maximum Gasteiger partial charge on any atom is 0.405 e. The normalized spacial score (nSPS) is 12.6. The lowest BCUT2D eigenvalue weighted by atomic mass is 9.97. The molecule has 0 fully saturated rings. The van der Waals surface area contributed by atoms with Crippen LogP contribution in [0.4, 0.5) is 4.79 Å². The van der Waals surface area contributed by atoms with E-state index in [4.69, 9.17) is 4.74 Å². The number of amides is 1. The van der Waals surface area contributed by atoms with Crippen LogP contribution in [0.15, 0.2) is 77.6 Å². The number of hydrogen-bond acceptors (Lipinski definition) is 6. The Morgan fingerprint density at radius 3 is 2.34 bits per heavy atom. The predicted molar refractivity (Wildman–Crippen MR) is 173 cm³/mol. The monoisotopic (exact) mass is 601 g/mol. The van der Waals surface area contributed by atoms with E-state index >= 15 is 0 Å². The minimum Gasteiger partial charge on any atom is -0.506 e. The second-order valence-corrected chi connectivity index (χ2v) is 11.2. The molecule has 0 aliphatic rings. The van der Waals surface area contributed by atoms with Gasteiger partial charge in [0, 0.05) is 18.0 Å². The molecule has 0 bridgehead atoms. The zero-order valence-corrected chi connectivity index (χ0v) is 25.2. The van der Waals surface area contributed by atoms with Crippen LogP contribution in [0.2, 0.25) is 0 Å². The highest BCUT2D eigenvalue weighted by Gasteiger charge is 2.17. The van der Waals surface area contributed by atoms with Gasteiger partial charge in [-0.2, -0.15) is 0 Å². The van der Waals surface area contributed by atoms with E-state index < -0.39 is 18.2 Å². The summed E-state index contributed by atoms with van der Waals surface area (Å²) in [6, 6.07) is 21.2. The molecule has 4 aromatic rings. The lowest BCUT2D eigenvalue weighted by Crippen LogP contribution is -2.27. The number of pyridine rings is 1. The van der Waals surface area contributed by atoms with Gasteiger partial charge in [-0.05, 0) is 67.3 Å². The summed E-state index contributed by atoms with van der Waals surface area (Å²) in [6.45, 7) is 3.80. The third-order valence-corrected chi connectivity index (χ3v) is 7.70. The van der Waals surface area contributed by atoms with E-state index in [9.17, 15) is 24.9 Å². The van der Waals surface area contributed by atoms with Crippen LogP contribution in [0.5, 0.6) is 11.5 Å². The Morgan fingerprint density at radius 2 is 1.59 bits per heavy atom. The molecule has 4 rings (SSSR count). The minimum absolute atomic E-state index is 0.0149. The number of hydrogen-bond donors (Lipinski definition) is 6. The fraction of sp³-hybridized carbons (Fsp3) is 0.371. The molecule has 0 aliphatic carbocycles. The Kier molecular flexibility index (Phi) is 12.2. The zero-order valence-electron chi connectivity index (χ0n) is 25.2. The largest absolute Gasteiger partial charge is 0.506 e. The quantitative estimate of drug-likeness (QED) is 0.0776. The number of H-pyrrole nitrogens is 1. The highest BCUT2D eigenvalue weighted by Crippen LogP contribution is 2.29. The number of unbranched alkanes of at least 4 members (excludes halogenated alkanes) is 6. The Labute approximate surface area is 257 Å². The predicted octanol–water partition coefficient (Wildman–Crippen LogP) is 6.33. The first kappa shape index (κ1) is 32.6. The Bertz CT molecular complexity index is 1570. The maximum absolute atomic E-state index is 11.6. The molecule has 0 radical (unpaired) electrons. The van der Waals surface area contributed by atoms with E-state index in [2.05, 4.69) is 15.6 Å². The maximum atomic E-state index is 11.6. The number of phenolic OH excluding ortho intramolecular Hbond substituents is 1. The third kappa shape index (κ3) is 9.59. The summed E-state index contributed by atoms with van der Waals surface area (Å²) in [5, 5.41) is 36.6. The number of aromatic amines is 1. The molecule has 9 nitrogen and oxygen atoms in total. The van der Waals surface area contributed by atoms with Gasteiger partial charge in [0.1, 0.15) is 11.5 Å². The first-order valence-electron chi connectivity index (χ1n) is 15.3. The number of carbonyl (C=O) groups is 1. The SMILES string of the molecule is Cc1cccc(C(NC(=O)O)c2cccc(OCCCCCCCCCNC[C@@H](O)c3ccc(O)c4[nH]c(=O)ccc34)c2)c1. The van der Waals surface area contributed by atoms with Crippen molar-refractivity contribution >= 4 is 17.0 Å². The number of aliphatic hydroxyl groups is 1. The zero-order chi connectivity index (χ0) is 31.3. The summed E-state index contributed by atoms with van der Waals surface area (Å²) >= 11 is 0. The first-order chi connectivity index (χ1) is 21.3. The van der Waals surface area contributed by atoms with E-state index in [1.807, 2.05) is 55.5 Å². The molecule has 1 amide bonds. The second-order valence-electron chi connectivity index (χ2n) is 11.2. The summed E-state index contributed by atoms with van der Waals surface area (Å²) in [5.74, 6) is 0.720. The third-order valence-electron chi connectivity index (χ3n) is 7.70. The van der Waals surface area contributed by atoms with E-state index in [1.54, 1.807) is 12.1 Å². The summed E-state index contributed by atoms with van der Waals surface area (Å²) in [6.07, 6.45) is 5.82. The summed E-state index contributed by atoms with van der Waals surface area (Å²) in [7, 11) is 0. The van der Waals surface area contributed by atoms with Gasteiger partial charge in [0.2, 0.25) is 5.56 Å². The van der Waals surface area contributed by atoms with Gasteiger partial charge >= 0.3 is 6.09 Å². The minimum atomic E-state index is -1.07. The van der Waals surface area contributed by atoms with Gasteiger partial charge in [0.25, 0.3) is 0 Å². The van der Waals surface area contributed by atoms with E-state index in [1.165, 1.54) is 12.1 Å². The van der Waals surface area contributed by atoms with Crippen molar-refractivity contribution in [2.45, 2.75) is 64.0 Å². The molecule has 2 atom stereocenters. The average Bonchev–Trinajstić information content (AvgIpc) is 3.00. The standard InChI is InChI=1S/C35H43N3O6/c1-24-11-9-12-25(21-24)33(38-35(42)43)26-13-10-14-27(22-26)44-20-8-6-4-2-3-5-7-19-36-23-31(40)28-15-17-30(39)34-29(28)16-18-32(41)37-34/h9-18,21-22,31,33,36,38-40H,2-8,19-20,23H2,1H3,(H,37,41)(H,42,43)/t31-,33?/m1/s1. The molecule has 0 saturated heterocycles. The van der Waals surface area contributed by atoms with E-state index in [0.29, 0.717) is 29.6 Å². The fourth-order valence-electron chi connectivity index (χ4n) is 5.44. The summed E-state index contributed by atoms with van der Waals surface area (Å²) in [5.41, 5.74) is 3.51. The van der Waals surface area contributed by atoms with Crippen molar-refractivity contribution in [1.29, 1.82) is 0 Å². The topological polar surface area (TPSA) is 144 Å². The number of aryl methyl sites for hydroxylation is 1. The molecular weight excluding hydrogens is 558 g/mol. The molecule has 44 heavy (non-hydrogen) atoms. The molecule has 3 aromatic carbocycles. The smallest absolute Gasteiger partial charge is 0.405 e. The fourth-order valence-corrected chi connectivity index (χ4v) is 5.44. The van der Waals surface area contributed by atoms with E-state index in [-0.39, 0.29) is 11.3 Å². The van der Waals surface area contributed by atoms with Gasteiger partial charge in [0.15, 0.2) is 0 Å². The molecule has 1 aromatic heterocycles. The molecule has 1 heterocycles. The Morgan fingerprint density at radius 1 is 0.886 bits per heavy atom. The summed E-state index contributed by atoms with van der Waals surface area (Å²) in [4.78, 5) is 25.7. The van der Waals surface area contributed by atoms with Crippen molar-refractivity contribution in [3.63, 3.8) is 0 Å². The number of aromatic nitrogens is 1. The van der Waals surface area contributed by atoms with E-state index in [0.717, 1.165) is 73.9 Å². The van der Waals surface area contributed by atoms with Crippen molar-refractivity contribution in [2.24, 2.45) is 0 Å². The van der Waals surface area contributed by atoms with Gasteiger partial charge in [-0.3, -0.25) is 4.79 Å². The Hall–Kier alpha value is -4.34. The lowest BCUT2D eigenvalue weighted by molar-refractivity contribution is 0.176. The molecule has 6 N–H and O–H groups in total. The van der Waals surface area contributed by atoms with Crippen molar-refractivity contribution in [2.75, 3.05) is 19.7 Å². The van der Waals surface area contributed by atoms with Crippen LogP contribution in [0.3, 0.4) is 0 Å². The first-order valence-corrected chi connectivity index (χ1v) is 15.3. The molecule has 234 valence electrons. The molecule has 0 saturated carbocycles. The van der Waals surface area contributed by atoms with Crippen LogP contribution in [0.1, 0.15) is 79.3 Å². The van der Waals surface area contributed by atoms with Crippen molar-refractivity contribution in [3.8, 4) is 11.5 Å². The number of fused-ring (bicyclic) bond motifs is 1. The number of benzene rings is 3. The molecular formula is C35H43N3O6. The molecule has 1 unspecified atom stereocenters. The van der Waals surface area contributed by atoms with Gasteiger partial charge in [-0.15, -0.1) is 0 Å². The van der Waals surface area contributed by atoms with Crippen molar-refractivity contribution in [1.82, 2.24) is 15.6 Å². The van der Waals surface area contributed by atoms with Gasteiger partial charge in [-0.1, -0.05) is 80.1 Å². The van der Waals surface area contributed by atoms with Gasteiger partial charge in [0.05, 0.1) is 24.3 Å². The number of carboxylic acid groups (broad SMARTS) is 1. The average molecular weight is 602 g/mol.